The summed E-state index contributed by atoms with van der Waals surface area (Å²) in [6.07, 6.45) is 2.47. The van der Waals surface area contributed by atoms with Crippen molar-refractivity contribution in [1.29, 1.82) is 0 Å². The molecule has 0 unspecified atom stereocenters. The van der Waals surface area contributed by atoms with Crippen LogP contribution in [0, 0.1) is 5.41 Å². The first-order valence-electron chi connectivity index (χ1n) is 5.80. The van der Waals surface area contributed by atoms with Gasteiger partial charge < -0.3 is 10.4 Å². The van der Waals surface area contributed by atoms with Crippen LogP contribution in [-0.2, 0) is 16.0 Å². The minimum atomic E-state index is -1.16. The van der Waals surface area contributed by atoms with Crippen molar-refractivity contribution in [1.82, 2.24) is 5.32 Å². The molecule has 1 fully saturated rings. The van der Waals surface area contributed by atoms with E-state index in [2.05, 4.69) is 21.2 Å². The van der Waals surface area contributed by atoms with E-state index in [0.717, 1.165) is 16.6 Å². The van der Waals surface area contributed by atoms with Gasteiger partial charge in [-0.15, -0.1) is 11.3 Å². The van der Waals surface area contributed by atoms with E-state index >= 15 is 0 Å². The lowest BCUT2D eigenvalue weighted by Crippen LogP contribution is -2.51. The maximum Gasteiger partial charge on any atom is 0.319 e. The lowest BCUT2D eigenvalue weighted by molar-refractivity contribution is -0.162. The Morgan fingerprint density at radius 2 is 2.17 bits per heavy atom. The molecule has 1 aliphatic carbocycles. The highest BCUT2D eigenvalue weighted by atomic mass is 79.9. The van der Waals surface area contributed by atoms with Crippen molar-refractivity contribution >= 4 is 39.1 Å². The molecule has 2 rings (SSSR count). The van der Waals surface area contributed by atoms with Gasteiger partial charge in [-0.1, -0.05) is 6.42 Å². The van der Waals surface area contributed by atoms with E-state index in [4.69, 9.17) is 5.11 Å². The Morgan fingerprint density at radius 1 is 1.44 bits per heavy atom. The molecule has 0 spiro atoms. The number of amides is 1. The van der Waals surface area contributed by atoms with Gasteiger partial charge in [0.1, 0.15) is 5.41 Å². The van der Waals surface area contributed by atoms with Gasteiger partial charge in [0, 0.05) is 11.4 Å². The number of aliphatic carboxylic acids is 1. The van der Waals surface area contributed by atoms with E-state index in [1.165, 1.54) is 4.88 Å². The molecule has 2 N–H and O–H groups in total. The highest BCUT2D eigenvalue weighted by Gasteiger charge is 2.50. The van der Waals surface area contributed by atoms with Crippen molar-refractivity contribution in [2.24, 2.45) is 5.41 Å². The van der Waals surface area contributed by atoms with Gasteiger partial charge in [-0.05, 0) is 47.3 Å². The molecular formula is C12H14BrNO3S. The average molecular weight is 332 g/mol. The molecule has 1 amide bonds. The molecule has 0 aliphatic heterocycles. The molecule has 6 heteroatoms. The van der Waals surface area contributed by atoms with E-state index < -0.39 is 11.4 Å². The molecule has 0 atom stereocenters. The number of carboxylic acids is 1. The third-order valence-corrected chi connectivity index (χ3v) is 5.02. The molecule has 1 aliphatic rings. The fourth-order valence-corrected chi connectivity index (χ4v) is 3.51. The first kappa shape index (κ1) is 13.5. The van der Waals surface area contributed by atoms with E-state index in [9.17, 15) is 9.59 Å². The second-order valence-corrected chi connectivity index (χ2v) is 7.00. The Morgan fingerprint density at radius 3 is 2.61 bits per heavy atom. The van der Waals surface area contributed by atoms with Crippen LogP contribution in [0.2, 0.25) is 0 Å². The van der Waals surface area contributed by atoms with Crippen molar-refractivity contribution in [2.75, 3.05) is 6.54 Å². The number of hydrogen-bond acceptors (Lipinski definition) is 3. The Labute approximate surface area is 118 Å². The first-order valence-corrected chi connectivity index (χ1v) is 7.41. The SMILES string of the molecule is O=C(O)C1(C(=O)NCCc2ccc(Br)s2)CCC1. The fourth-order valence-electron chi connectivity index (χ4n) is 2.02. The van der Waals surface area contributed by atoms with E-state index in [1.54, 1.807) is 11.3 Å². The molecule has 1 aromatic heterocycles. The summed E-state index contributed by atoms with van der Waals surface area (Å²) in [4.78, 5) is 24.2. The van der Waals surface area contributed by atoms with Crippen LogP contribution in [0.5, 0.6) is 0 Å². The maximum atomic E-state index is 11.9. The topological polar surface area (TPSA) is 66.4 Å². The van der Waals surface area contributed by atoms with E-state index in [1.807, 2.05) is 12.1 Å². The largest absolute Gasteiger partial charge is 0.480 e. The zero-order valence-electron chi connectivity index (χ0n) is 9.74. The number of carboxylic acid groups (broad SMARTS) is 1. The van der Waals surface area contributed by atoms with Gasteiger partial charge in [0.25, 0.3) is 0 Å². The Bertz CT molecular complexity index is 468. The second-order valence-electron chi connectivity index (χ2n) is 4.45. The number of nitrogens with one attached hydrogen (secondary N) is 1. The molecule has 4 nitrogen and oxygen atoms in total. The lowest BCUT2D eigenvalue weighted by atomic mass is 9.68. The lowest BCUT2D eigenvalue weighted by Gasteiger charge is -2.35. The van der Waals surface area contributed by atoms with E-state index in [0.29, 0.717) is 19.4 Å². The summed E-state index contributed by atoms with van der Waals surface area (Å²) in [7, 11) is 0. The summed E-state index contributed by atoms with van der Waals surface area (Å²) in [5.74, 6) is -1.33. The first-order chi connectivity index (χ1) is 8.54. The molecule has 1 heterocycles. The number of rotatable bonds is 5. The zero-order chi connectivity index (χ0) is 13.2. The smallest absolute Gasteiger partial charge is 0.319 e. The molecule has 18 heavy (non-hydrogen) atoms. The van der Waals surface area contributed by atoms with Crippen LogP contribution in [0.1, 0.15) is 24.1 Å². The van der Waals surface area contributed by atoms with Crippen molar-refractivity contribution in [3.63, 3.8) is 0 Å². The van der Waals surface area contributed by atoms with Gasteiger partial charge in [-0.25, -0.2) is 0 Å². The summed E-state index contributed by atoms with van der Waals surface area (Å²) in [5.41, 5.74) is -1.16. The summed E-state index contributed by atoms with van der Waals surface area (Å²) >= 11 is 5.00. The molecule has 0 bridgehead atoms. The maximum absolute atomic E-state index is 11.9. The monoisotopic (exact) mass is 331 g/mol. The molecule has 1 aromatic rings. The quantitative estimate of drug-likeness (QED) is 0.814. The summed E-state index contributed by atoms with van der Waals surface area (Å²) in [6.45, 7) is 0.487. The average Bonchev–Trinajstić information content (AvgIpc) is 2.61. The van der Waals surface area contributed by atoms with Crippen LogP contribution in [0.15, 0.2) is 15.9 Å². The van der Waals surface area contributed by atoms with E-state index in [-0.39, 0.29) is 5.91 Å². The van der Waals surface area contributed by atoms with Gasteiger partial charge in [0.05, 0.1) is 3.79 Å². The van der Waals surface area contributed by atoms with Crippen molar-refractivity contribution in [3.05, 3.63) is 20.8 Å². The number of hydrogen-bond donors (Lipinski definition) is 2. The molecule has 1 saturated carbocycles. The molecular weight excluding hydrogens is 318 g/mol. The van der Waals surface area contributed by atoms with Gasteiger partial charge in [0.2, 0.25) is 5.91 Å². The van der Waals surface area contributed by atoms with Crippen LogP contribution < -0.4 is 5.32 Å². The predicted molar refractivity (Wildman–Crippen MR) is 72.7 cm³/mol. The van der Waals surface area contributed by atoms with Gasteiger partial charge >= 0.3 is 5.97 Å². The minimum absolute atomic E-state index is 0.336. The number of thiophene rings is 1. The summed E-state index contributed by atoms with van der Waals surface area (Å²) < 4.78 is 1.06. The third-order valence-electron chi connectivity index (χ3n) is 3.34. The number of carbonyl (C=O) groups is 2. The molecule has 0 aromatic carbocycles. The van der Waals surface area contributed by atoms with Crippen LogP contribution in [0.3, 0.4) is 0 Å². The fraction of sp³-hybridized carbons (Fsp3) is 0.500. The van der Waals surface area contributed by atoms with Crippen LogP contribution in [-0.4, -0.2) is 23.5 Å². The van der Waals surface area contributed by atoms with Gasteiger partial charge in [-0.3, -0.25) is 9.59 Å². The second kappa shape index (κ2) is 5.40. The van der Waals surface area contributed by atoms with Crippen LogP contribution in [0.4, 0.5) is 0 Å². The van der Waals surface area contributed by atoms with Crippen molar-refractivity contribution in [3.8, 4) is 0 Å². The van der Waals surface area contributed by atoms with Crippen molar-refractivity contribution < 1.29 is 14.7 Å². The molecule has 0 radical (unpaired) electrons. The Hall–Kier alpha value is -0.880. The minimum Gasteiger partial charge on any atom is -0.480 e. The molecule has 0 saturated heterocycles. The number of carbonyl (C=O) groups excluding carboxylic acids is 1. The third kappa shape index (κ3) is 2.59. The predicted octanol–water partition coefficient (Wildman–Crippen LogP) is 2.42. The number of halogens is 1. The highest BCUT2D eigenvalue weighted by Crippen LogP contribution is 2.41. The molecule has 98 valence electrons. The summed E-state index contributed by atoms with van der Waals surface area (Å²) in [5, 5.41) is 11.8. The van der Waals surface area contributed by atoms with Gasteiger partial charge in [-0.2, -0.15) is 0 Å². The van der Waals surface area contributed by atoms with Crippen molar-refractivity contribution in [2.45, 2.75) is 25.7 Å². The van der Waals surface area contributed by atoms with Crippen LogP contribution in [0.25, 0.3) is 0 Å². The summed E-state index contributed by atoms with van der Waals surface area (Å²) in [6, 6.07) is 3.96. The standard InChI is InChI=1S/C12H14BrNO3S/c13-9-3-2-8(18-9)4-7-14-10(15)12(11(16)17)5-1-6-12/h2-3H,1,4-7H2,(H,14,15)(H,16,17). The highest BCUT2D eigenvalue weighted by molar-refractivity contribution is 9.11. The zero-order valence-corrected chi connectivity index (χ0v) is 12.1. The Kier molecular flexibility index (Phi) is 4.07. The van der Waals surface area contributed by atoms with Gasteiger partial charge in [0.15, 0.2) is 0 Å². The Balaban J connectivity index is 1.83. The normalized spacial score (nSPS) is 16.9. The van der Waals surface area contributed by atoms with Crippen LogP contribution >= 0.6 is 27.3 Å².